The lowest BCUT2D eigenvalue weighted by atomic mass is 10.1. The van der Waals surface area contributed by atoms with Crippen LogP contribution < -0.4 is 4.74 Å². The maximum Gasteiger partial charge on any atom is 0.338 e. The Morgan fingerprint density at radius 3 is 2.68 bits per heavy atom. The van der Waals surface area contributed by atoms with Gasteiger partial charge in [0, 0.05) is 12.1 Å². The first-order valence-corrected chi connectivity index (χ1v) is 7.20. The van der Waals surface area contributed by atoms with Crippen molar-refractivity contribution in [2.45, 2.75) is 6.61 Å². The lowest BCUT2D eigenvalue weighted by Crippen LogP contribution is -2.12. The number of carbonyl (C=O) groups excluding carboxylic acids is 1. The van der Waals surface area contributed by atoms with Crippen molar-refractivity contribution in [3.8, 4) is 5.75 Å². The summed E-state index contributed by atoms with van der Waals surface area (Å²) in [5.74, 6) is 0.262. The number of rotatable bonds is 7. The maximum atomic E-state index is 11.9. The van der Waals surface area contributed by atoms with Crippen molar-refractivity contribution in [3.63, 3.8) is 0 Å². The van der Waals surface area contributed by atoms with Gasteiger partial charge in [-0.05, 0) is 35.9 Å². The number of methoxy groups -OCH3 is 1. The molecule has 0 spiro atoms. The molecular formula is C17H17ClO4. The van der Waals surface area contributed by atoms with Gasteiger partial charge in [0.05, 0.1) is 12.2 Å². The summed E-state index contributed by atoms with van der Waals surface area (Å²) in [4.78, 5) is 11.9. The van der Waals surface area contributed by atoms with E-state index in [9.17, 15) is 4.79 Å². The summed E-state index contributed by atoms with van der Waals surface area (Å²) in [6.45, 7) is 0.892. The maximum absolute atomic E-state index is 11.9. The van der Waals surface area contributed by atoms with Gasteiger partial charge in [-0.15, -0.1) is 0 Å². The SMILES string of the molecule is COCc1cccc(C(=O)OCCOc2cccc(Cl)c2)c1. The summed E-state index contributed by atoms with van der Waals surface area (Å²) in [6, 6.07) is 14.2. The summed E-state index contributed by atoms with van der Waals surface area (Å²) in [5, 5.41) is 0.601. The molecule has 0 fully saturated rings. The quantitative estimate of drug-likeness (QED) is 0.576. The minimum Gasteiger partial charge on any atom is -0.490 e. The third kappa shape index (κ3) is 5.06. The Morgan fingerprint density at radius 2 is 1.91 bits per heavy atom. The molecule has 0 aliphatic carbocycles. The van der Waals surface area contributed by atoms with Crippen molar-refractivity contribution >= 4 is 17.6 Å². The predicted molar refractivity (Wildman–Crippen MR) is 84.4 cm³/mol. The molecule has 0 aliphatic heterocycles. The lowest BCUT2D eigenvalue weighted by Gasteiger charge is -2.08. The Hall–Kier alpha value is -2.04. The molecule has 0 aliphatic rings. The van der Waals surface area contributed by atoms with Gasteiger partial charge in [0.2, 0.25) is 0 Å². The third-order valence-electron chi connectivity index (χ3n) is 2.85. The zero-order chi connectivity index (χ0) is 15.8. The van der Waals surface area contributed by atoms with Crippen LogP contribution in [0.1, 0.15) is 15.9 Å². The first-order valence-electron chi connectivity index (χ1n) is 6.82. The zero-order valence-corrected chi connectivity index (χ0v) is 13.0. The summed E-state index contributed by atoms with van der Waals surface area (Å²) in [7, 11) is 1.61. The molecule has 116 valence electrons. The highest BCUT2D eigenvalue weighted by atomic mass is 35.5. The second-order valence-corrected chi connectivity index (χ2v) is 5.01. The average Bonchev–Trinajstić information content (AvgIpc) is 2.52. The number of hydrogen-bond donors (Lipinski definition) is 0. The molecule has 4 nitrogen and oxygen atoms in total. The minimum atomic E-state index is -0.382. The van der Waals surface area contributed by atoms with Gasteiger partial charge in [-0.1, -0.05) is 29.8 Å². The van der Waals surface area contributed by atoms with Crippen LogP contribution in [0.25, 0.3) is 0 Å². The van der Waals surface area contributed by atoms with E-state index in [1.54, 1.807) is 49.6 Å². The molecule has 0 unspecified atom stereocenters. The molecule has 0 bridgehead atoms. The molecule has 2 aromatic carbocycles. The Bertz CT molecular complexity index is 628. The van der Waals surface area contributed by atoms with Gasteiger partial charge in [-0.3, -0.25) is 0 Å². The van der Waals surface area contributed by atoms with Gasteiger partial charge < -0.3 is 14.2 Å². The number of ether oxygens (including phenoxy) is 3. The third-order valence-corrected chi connectivity index (χ3v) is 3.09. The first-order chi connectivity index (χ1) is 10.7. The van der Waals surface area contributed by atoms with E-state index in [0.717, 1.165) is 5.56 Å². The molecule has 0 radical (unpaired) electrons. The van der Waals surface area contributed by atoms with E-state index in [4.69, 9.17) is 25.8 Å². The number of esters is 1. The number of carbonyl (C=O) groups is 1. The highest BCUT2D eigenvalue weighted by Crippen LogP contribution is 2.17. The van der Waals surface area contributed by atoms with Crippen LogP contribution in [0.4, 0.5) is 0 Å². The van der Waals surface area contributed by atoms with Gasteiger partial charge in [0.1, 0.15) is 19.0 Å². The molecule has 5 heteroatoms. The second kappa shape index (κ2) is 8.41. The van der Waals surface area contributed by atoms with Crippen LogP contribution >= 0.6 is 11.6 Å². The fourth-order valence-electron chi connectivity index (χ4n) is 1.89. The molecule has 2 aromatic rings. The van der Waals surface area contributed by atoms with E-state index in [1.807, 2.05) is 6.07 Å². The molecule has 22 heavy (non-hydrogen) atoms. The van der Waals surface area contributed by atoms with Crippen molar-refractivity contribution in [1.82, 2.24) is 0 Å². The van der Waals surface area contributed by atoms with E-state index in [2.05, 4.69) is 0 Å². The standard InChI is InChI=1S/C17H17ClO4/c1-20-12-13-4-2-5-14(10-13)17(19)22-9-8-21-16-7-3-6-15(18)11-16/h2-7,10-11H,8-9,12H2,1H3. The van der Waals surface area contributed by atoms with Crippen LogP contribution in [0.15, 0.2) is 48.5 Å². The highest BCUT2D eigenvalue weighted by molar-refractivity contribution is 6.30. The van der Waals surface area contributed by atoms with Crippen LogP contribution in [-0.4, -0.2) is 26.3 Å². The van der Waals surface area contributed by atoms with Crippen molar-refractivity contribution in [2.24, 2.45) is 0 Å². The van der Waals surface area contributed by atoms with E-state index in [0.29, 0.717) is 22.9 Å². The second-order valence-electron chi connectivity index (χ2n) is 4.58. The molecule has 0 aromatic heterocycles. The molecule has 0 N–H and O–H groups in total. The van der Waals surface area contributed by atoms with Crippen LogP contribution in [-0.2, 0) is 16.1 Å². The van der Waals surface area contributed by atoms with Gasteiger partial charge in [-0.2, -0.15) is 0 Å². The Morgan fingerprint density at radius 1 is 1.09 bits per heavy atom. The number of halogens is 1. The monoisotopic (exact) mass is 320 g/mol. The van der Waals surface area contributed by atoms with Crippen LogP contribution in [0.2, 0.25) is 5.02 Å². The van der Waals surface area contributed by atoms with E-state index < -0.39 is 0 Å². The lowest BCUT2D eigenvalue weighted by molar-refractivity contribution is 0.0450. The molecule has 0 amide bonds. The molecule has 2 rings (SSSR count). The fraction of sp³-hybridized carbons (Fsp3) is 0.235. The largest absolute Gasteiger partial charge is 0.490 e. The van der Waals surface area contributed by atoms with Crippen LogP contribution in [0.5, 0.6) is 5.75 Å². The fourth-order valence-corrected chi connectivity index (χ4v) is 2.07. The summed E-state index contributed by atoms with van der Waals surface area (Å²) >= 11 is 5.85. The van der Waals surface area contributed by atoms with Crippen molar-refractivity contribution < 1.29 is 19.0 Å². The molecule has 0 saturated heterocycles. The van der Waals surface area contributed by atoms with Crippen LogP contribution in [0.3, 0.4) is 0 Å². The predicted octanol–water partition coefficient (Wildman–Crippen LogP) is 3.72. The minimum absolute atomic E-state index is 0.167. The first kappa shape index (κ1) is 16.3. The van der Waals surface area contributed by atoms with Gasteiger partial charge in [-0.25, -0.2) is 4.79 Å². The summed E-state index contributed by atoms with van der Waals surface area (Å²) < 4.78 is 15.7. The van der Waals surface area contributed by atoms with Gasteiger partial charge >= 0.3 is 5.97 Å². The topological polar surface area (TPSA) is 44.8 Å². The molecule has 0 heterocycles. The molecule has 0 atom stereocenters. The van der Waals surface area contributed by atoms with Gasteiger partial charge in [0.15, 0.2) is 0 Å². The smallest absolute Gasteiger partial charge is 0.338 e. The summed E-state index contributed by atoms with van der Waals surface area (Å²) in [5.41, 5.74) is 1.42. The Kier molecular flexibility index (Phi) is 6.25. The normalized spacial score (nSPS) is 10.3. The van der Waals surface area contributed by atoms with Gasteiger partial charge in [0.25, 0.3) is 0 Å². The highest BCUT2D eigenvalue weighted by Gasteiger charge is 2.07. The zero-order valence-electron chi connectivity index (χ0n) is 12.3. The van der Waals surface area contributed by atoms with Crippen LogP contribution in [0, 0.1) is 0 Å². The Labute approximate surface area is 134 Å². The van der Waals surface area contributed by atoms with Crippen molar-refractivity contribution in [1.29, 1.82) is 0 Å². The molecular weight excluding hydrogens is 304 g/mol. The summed E-state index contributed by atoms with van der Waals surface area (Å²) in [6.07, 6.45) is 0. The number of hydrogen-bond acceptors (Lipinski definition) is 4. The van der Waals surface area contributed by atoms with E-state index in [-0.39, 0.29) is 19.2 Å². The van der Waals surface area contributed by atoms with Crippen molar-refractivity contribution in [2.75, 3.05) is 20.3 Å². The van der Waals surface area contributed by atoms with Crippen molar-refractivity contribution in [3.05, 3.63) is 64.7 Å². The molecule has 0 saturated carbocycles. The van der Waals surface area contributed by atoms with E-state index >= 15 is 0 Å². The Balaban J connectivity index is 1.79. The number of benzene rings is 2. The van der Waals surface area contributed by atoms with E-state index in [1.165, 1.54) is 0 Å². The average molecular weight is 321 g/mol.